The number of rotatable bonds is 3. The topological polar surface area (TPSA) is 85.4 Å². The number of carboxylic acids is 1. The summed E-state index contributed by atoms with van der Waals surface area (Å²) in [5.74, 6) is 0.0605. The summed E-state index contributed by atoms with van der Waals surface area (Å²) in [5, 5.41) is 9.83. The van der Waals surface area contributed by atoms with E-state index < -0.39 is 5.97 Å². The Kier molecular flexibility index (Phi) is 3.16. The van der Waals surface area contributed by atoms with E-state index in [2.05, 4.69) is 4.98 Å². The first-order valence-electron chi connectivity index (χ1n) is 6.29. The number of aromatic carboxylic acids is 1. The van der Waals surface area contributed by atoms with Crippen LogP contribution in [0.15, 0.2) is 54.7 Å². The van der Waals surface area contributed by atoms with Gasteiger partial charge < -0.3 is 15.6 Å². The van der Waals surface area contributed by atoms with Crippen molar-refractivity contribution < 1.29 is 14.6 Å². The van der Waals surface area contributed by atoms with Crippen molar-refractivity contribution in [3.05, 3.63) is 60.3 Å². The van der Waals surface area contributed by atoms with Crippen LogP contribution >= 0.6 is 0 Å². The molecule has 0 unspecified atom stereocenters. The number of nitrogens with two attached hydrogens (primary N) is 1. The lowest BCUT2D eigenvalue weighted by atomic mass is 10.1. The van der Waals surface area contributed by atoms with Gasteiger partial charge in [-0.1, -0.05) is 6.07 Å². The largest absolute Gasteiger partial charge is 0.478 e. The Balaban J connectivity index is 1.99. The van der Waals surface area contributed by atoms with Crippen molar-refractivity contribution in [3.8, 4) is 11.5 Å². The standard InChI is InChI=1S/C16H12N2O3/c17-13-9-10(6-7-11(13)16(19)20)21-15-5-1-4-14-12(15)3-2-8-18-14/h1-9H,17H2,(H,19,20). The minimum Gasteiger partial charge on any atom is -0.478 e. The zero-order valence-corrected chi connectivity index (χ0v) is 11.0. The predicted molar refractivity (Wildman–Crippen MR) is 79.6 cm³/mol. The number of nitrogen functional groups attached to an aromatic ring is 1. The number of hydrogen-bond acceptors (Lipinski definition) is 4. The van der Waals surface area contributed by atoms with Gasteiger partial charge in [0, 0.05) is 23.3 Å². The monoisotopic (exact) mass is 280 g/mol. The molecule has 5 nitrogen and oxygen atoms in total. The first-order chi connectivity index (χ1) is 10.1. The fraction of sp³-hybridized carbons (Fsp3) is 0. The molecule has 2 aromatic carbocycles. The van der Waals surface area contributed by atoms with Crippen LogP contribution in [0.2, 0.25) is 0 Å². The molecule has 0 spiro atoms. The first-order valence-corrected chi connectivity index (χ1v) is 6.29. The number of anilines is 1. The van der Waals surface area contributed by atoms with Gasteiger partial charge in [-0.15, -0.1) is 0 Å². The van der Waals surface area contributed by atoms with Gasteiger partial charge in [0.15, 0.2) is 0 Å². The van der Waals surface area contributed by atoms with E-state index in [9.17, 15) is 4.79 Å². The van der Waals surface area contributed by atoms with Gasteiger partial charge in [0.1, 0.15) is 11.5 Å². The number of aromatic nitrogens is 1. The number of pyridine rings is 1. The van der Waals surface area contributed by atoms with Gasteiger partial charge in [-0.3, -0.25) is 4.98 Å². The van der Waals surface area contributed by atoms with Crippen LogP contribution in [0.5, 0.6) is 11.5 Å². The quantitative estimate of drug-likeness (QED) is 0.719. The summed E-state index contributed by atoms with van der Waals surface area (Å²) in [6.07, 6.45) is 1.71. The van der Waals surface area contributed by atoms with Crippen molar-refractivity contribution in [2.24, 2.45) is 0 Å². The smallest absolute Gasteiger partial charge is 0.337 e. The Bertz CT molecular complexity index is 825. The van der Waals surface area contributed by atoms with Gasteiger partial charge in [-0.05, 0) is 36.4 Å². The number of carboxylic acid groups (broad SMARTS) is 1. The third-order valence-electron chi connectivity index (χ3n) is 3.09. The highest BCUT2D eigenvalue weighted by Gasteiger charge is 2.10. The number of benzene rings is 2. The van der Waals surface area contributed by atoms with Crippen LogP contribution in [0.25, 0.3) is 10.9 Å². The van der Waals surface area contributed by atoms with Crippen LogP contribution in [-0.2, 0) is 0 Å². The summed E-state index contributed by atoms with van der Waals surface area (Å²) >= 11 is 0. The number of carbonyl (C=O) groups is 1. The lowest BCUT2D eigenvalue weighted by Crippen LogP contribution is -2.02. The number of nitrogens with zero attached hydrogens (tertiary/aromatic N) is 1. The van der Waals surface area contributed by atoms with E-state index in [0.717, 1.165) is 10.9 Å². The highest BCUT2D eigenvalue weighted by atomic mass is 16.5. The average Bonchev–Trinajstić information content (AvgIpc) is 2.47. The minimum atomic E-state index is -1.06. The van der Waals surface area contributed by atoms with E-state index in [1.54, 1.807) is 12.3 Å². The van der Waals surface area contributed by atoms with Gasteiger partial charge in [-0.25, -0.2) is 4.79 Å². The van der Waals surface area contributed by atoms with Gasteiger partial charge in [-0.2, -0.15) is 0 Å². The van der Waals surface area contributed by atoms with Crippen LogP contribution < -0.4 is 10.5 Å². The number of hydrogen-bond donors (Lipinski definition) is 2. The van der Waals surface area contributed by atoms with Gasteiger partial charge in [0.05, 0.1) is 11.1 Å². The van der Waals surface area contributed by atoms with Crippen LogP contribution in [0.3, 0.4) is 0 Å². The molecule has 0 fully saturated rings. The molecule has 3 rings (SSSR count). The van der Waals surface area contributed by atoms with Crippen LogP contribution in [0.4, 0.5) is 5.69 Å². The fourth-order valence-electron chi connectivity index (χ4n) is 2.09. The second-order valence-electron chi connectivity index (χ2n) is 4.48. The Morgan fingerprint density at radius 1 is 1.14 bits per heavy atom. The minimum absolute atomic E-state index is 0.0573. The number of ether oxygens (including phenoxy) is 1. The molecule has 0 saturated carbocycles. The van der Waals surface area contributed by atoms with Crippen molar-refractivity contribution in [2.45, 2.75) is 0 Å². The first kappa shape index (κ1) is 12.9. The average molecular weight is 280 g/mol. The van der Waals surface area contributed by atoms with E-state index in [1.165, 1.54) is 12.1 Å². The van der Waals surface area contributed by atoms with E-state index in [1.807, 2.05) is 30.3 Å². The predicted octanol–water partition coefficient (Wildman–Crippen LogP) is 3.31. The molecule has 21 heavy (non-hydrogen) atoms. The molecule has 104 valence electrons. The summed E-state index contributed by atoms with van der Waals surface area (Å²) in [6.45, 7) is 0. The SMILES string of the molecule is Nc1cc(Oc2cccc3ncccc23)ccc1C(=O)O. The molecule has 1 aromatic heterocycles. The van der Waals surface area contributed by atoms with E-state index >= 15 is 0 Å². The Hall–Kier alpha value is -3.08. The fourth-order valence-corrected chi connectivity index (χ4v) is 2.09. The Morgan fingerprint density at radius 2 is 2.00 bits per heavy atom. The third-order valence-corrected chi connectivity index (χ3v) is 3.09. The Morgan fingerprint density at radius 3 is 2.76 bits per heavy atom. The van der Waals surface area contributed by atoms with Gasteiger partial charge >= 0.3 is 5.97 Å². The zero-order chi connectivity index (χ0) is 14.8. The summed E-state index contributed by atoms with van der Waals surface area (Å²) in [6, 6.07) is 13.8. The van der Waals surface area contributed by atoms with Gasteiger partial charge in [0.25, 0.3) is 0 Å². The van der Waals surface area contributed by atoms with Gasteiger partial charge in [0.2, 0.25) is 0 Å². The highest BCUT2D eigenvalue weighted by Crippen LogP contribution is 2.30. The molecule has 1 heterocycles. The molecule has 0 bridgehead atoms. The van der Waals surface area contributed by atoms with Crippen molar-refractivity contribution >= 4 is 22.6 Å². The van der Waals surface area contributed by atoms with E-state index in [-0.39, 0.29) is 11.3 Å². The van der Waals surface area contributed by atoms with Crippen molar-refractivity contribution in [3.63, 3.8) is 0 Å². The van der Waals surface area contributed by atoms with Crippen LogP contribution in [0, 0.1) is 0 Å². The Labute approximate surface area is 120 Å². The molecular formula is C16H12N2O3. The molecule has 5 heteroatoms. The summed E-state index contributed by atoms with van der Waals surface area (Å²) in [7, 11) is 0. The van der Waals surface area contributed by atoms with Crippen LogP contribution in [-0.4, -0.2) is 16.1 Å². The van der Waals surface area contributed by atoms with Crippen molar-refractivity contribution in [2.75, 3.05) is 5.73 Å². The summed E-state index contributed by atoms with van der Waals surface area (Å²) in [5.41, 5.74) is 6.76. The van der Waals surface area contributed by atoms with E-state index in [0.29, 0.717) is 11.5 Å². The second-order valence-corrected chi connectivity index (χ2v) is 4.48. The second kappa shape index (κ2) is 5.13. The molecule has 3 N–H and O–H groups in total. The lowest BCUT2D eigenvalue weighted by Gasteiger charge is -2.10. The maximum Gasteiger partial charge on any atom is 0.337 e. The molecule has 3 aromatic rings. The lowest BCUT2D eigenvalue weighted by molar-refractivity contribution is 0.0698. The molecule has 0 aliphatic rings. The molecule has 0 atom stereocenters. The molecule has 0 saturated heterocycles. The van der Waals surface area contributed by atoms with Crippen molar-refractivity contribution in [1.29, 1.82) is 0 Å². The third kappa shape index (κ3) is 2.49. The van der Waals surface area contributed by atoms with Crippen molar-refractivity contribution in [1.82, 2.24) is 4.98 Å². The maximum atomic E-state index is 10.9. The number of fused-ring (bicyclic) bond motifs is 1. The summed E-state index contributed by atoms with van der Waals surface area (Å²) in [4.78, 5) is 15.2. The maximum absolute atomic E-state index is 10.9. The van der Waals surface area contributed by atoms with E-state index in [4.69, 9.17) is 15.6 Å². The zero-order valence-electron chi connectivity index (χ0n) is 11.0. The normalized spacial score (nSPS) is 10.5. The van der Waals surface area contributed by atoms with Crippen LogP contribution in [0.1, 0.15) is 10.4 Å². The molecule has 0 aliphatic heterocycles. The molecule has 0 amide bonds. The molecule has 0 radical (unpaired) electrons. The summed E-state index contributed by atoms with van der Waals surface area (Å²) < 4.78 is 5.79. The molecule has 0 aliphatic carbocycles. The highest BCUT2D eigenvalue weighted by molar-refractivity contribution is 5.94. The molecular weight excluding hydrogens is 268 g/mol.